The lowest BCUT2D eigenvalue weighted by atomic mass is 9.76. The monoisotopic (exact) mass is 300 g/mol. The van der Waals surface area contributed by atoms with Crippen molar-refractivity contribution in [1.29, 1.82) is 0 Å². The summed E-state index contributed by atoms with van der Waals surface area (Å²) in [5.74, 6) is 0.410. The molecule has 2 amide bonds. The standard InChI is InChI=1S/C18H24N2O2/c1-19-17(22)15-8-5-9-18(15)10-11-20(13-18)16(21)12-14-6-3-2-4-7-14/h2-4,6-7,15H,5,8-13H2,1H3,(H,19,22)/t15-,18-/m1/s1. The van der Waals surface area contributed by atoms with Crippen LogP contribution in [-0.4, -0.2) is 36.9 Å². The molecule has 1 aromatic rings. The summed E-state index contributed by atoms with van der Waals surface area (Å²) >= 11 is 0. The van der Waals surface area contributed by atoms with Crippen molar-refractivity contribution in [2.45, 2.75) is 32.1 Å². The Bertz CT molecular complexity index is 557. The highest BCUT2D eigenvalue weighted by molar-refractivity contribution is 5.81. The summed E-state index contributed by atoms with van der Waals surface area (Å²) < 4.78 is 0. The number of nitrogens with one attached hydrogen (secondary N) is 1. The fraction of sp³-hybridized carbons (Fsp3) is 0.556. The highest BCUT2D eigenvalue weighted by Crippen LogP contribution is 2.49. The zero-order chi connectivity index (χ0) is 15.6. The van der Waals surface area contributed by atoms with Gasteiger partial charge < -0.3 is 10.2 Å². The van der Waals surface area contributed by atoms with Gasteiger partial charge >= 0.3 is 0 Å². The van der Waals surface area contributed by atoms with Gasteiger partial charge in [0.25, 0.3) is 0 Å². The van der Waals surface area contributed by atoms with Gasteiger partial charge in [-0.2, -0.15) is 0 Å². The molecule has 1 aliphatic carbocycles. The van der Waals surface area contributed by atoms with Crippen molar-refractivity contribution in [3.8, 4) is 0 Å². The van der Waals surface area contributed by atoms with E-state index in [1.807, 2.05) is 35.2 Å². The molecule has 1 aromatic carbocycles. The molecule has 1 aliphatic heterocycles. The van der Waals surface area contributed by atoms with Gasteiger partial charge in [0.05, 0.1) is 6.42 Å². The van der Waals surface area contributed by atoms with Crippen LogP contribution in [0.25, 0.3) is 0 Å². The smallest absolute Gasteiger partial charge is 0.227 e. The molecule has 0 bridgehead atoms. The van der Waals surface area contributed by atoms with Crippen LogP contribution in [0.5, 0.6) is 0 Å². The van der Waals surface area contributed by atoms with E-state index in [9.17, 15) is 9.59 Å². The van der Waals surface area contributed by atoms with E-state index < -0.39 is 0 Å². The first-order valence-electron chi connectivity index (χ1n) is 8.18. The van der Waals surface area contributed by atoms with Gasteiger partial charge in [0.1, 0.15) is 0 Å². The van der Waals surface area contributed by atoms with Gasteiger partial charge in [0, 0.05) is 31.5 Å². The predicted molar refractivity (Wildman–Crippen MR) is 85.2 cm³/mol. The lowest BCUT2D eigenvalue weighted by Gasteiger charge is -2.30. The first-order valence-corrected chi connectivity index (χ1v) is 8.18. The molecule has 1 spiro atoms. The Morgan fingerprint density at radius 1 is 1.27 bits per heavy atom. The summed E-state index contributed by atoms with van der Waals surface area (Å²) in [5, 5.41) is 2.80. The fourth-order valence-corrected chi connectivity index (χ4v) is 4.20. The summed E-state index contributed by atoms with van der Waals surface area (Å²) in [6.45, 7) is 1.54. The van der Waals surface area contributed by atoms with Gasteiger partial charge in [-0.25, -0.2) is 0 Å². The van der Waals surface area contributed by atoms with E-state index in [1.165, 1.54) is 0 Å². The minimum absolute atomic E-state index is 0.0203. The van der Waals surface area contributed by atoms with E-state index in [2.05, 4.69) is 5.32 Å². The first-order chi connectivity index (χ1) is 10.6. The molecule has 3 rings (SSSR count). The van der Waals surface area contributed by atoms with Gasteiger partial charge in [0.2, 0.25) is 11.8 Å². The third-order valence-corrected chi connectivity index (χ3v) is 5.41. The van der Waals surface area contributed by atoms with Crippen molar-refractivity contribution in [3.05, 3.63) is 35.9 Å². The fourth-order valence-electron chi connectivity index (χ4n) is 4.20. The maximum atomic E-state index is 12.5. The number of amides is 2. The number of hydrogen-bond donors (Lipinski definition) is 1. The molecule has 0 radical (unpaired) electrons. The van der Waals surface area contributed by atoms with Crippen molar-refractivity contribution in [3.63, 3.8) is 0 Å². The summed E-state index contributed by atoms with van der Waals surface area (Å²) in [4.78, 5) is 26.6. The Balaban J connectivity index is 1.66. The van der Waals surface area contributed by atoms with Crippen LogP contribution in [0.15, 0.2) is 30.3 Å². The van der Waals surface area contributed by atoms with Crippen LogP contribution < -0.4 is 5.32 Å². The minimum atomic E-state index is 0.0203. The Morgan fingerprint density at radius 2 is 2.05 bits per heavy atom. The average molecular weight is 300 g/mol. The molecule has 1 N–H and O–H groups in total. The molecular formula is C18H24N2O2. The van der Waals surface area contributed by atoms with Crippen molar-refractivity contribution in [2.75, 3.05) is 20.1 Å². The molecule has 4 nitrogen and oxygen atoms in total. The molecule has 2 atom stereocenters. The van der Waals surface area contributed by atoms with Gasteiger partial charge in [-0.15, -0.1) is 0 Å². The number of likely N-dealkylation sites (tertiary alicyclic amines) is 1. The number of benzene rings is 1. The summed E-state index contributed by atoms with van der Waals surface area (Å²) in [5.41, 5.74) is 1.08. The number of nitrogens with zero attached hydrogens (tertiary/aromatic N) is 1. The Labute approximate surface area is 131 Å². The van der Waals surface area contributed by atoms with Crippen LogP contribution in [0.1, 0.15) is 31.2 Å². The second kappa shape index (κ2) is 6.11. The molecule has 22 heavy (non-hydrogen) atoms. The highest BCUT2D eigenvalue weighted by atomic mass is 16.2. The number of hydrogen-bond acceptors (Lipinski definition) is 2. The van der Waals surface area contributed by atoms with E-state index >= 15 is 0 Å². The number of carbonyl (C=O) groups is 2. The van der Waals surface area contributed by atoms with Gasteiger partial charge in [-0.3, -0.25) is 9.59 Å². The van der Waals surface area contributed by atoms with Crippen molar-refractivity contribution < 1.29 is 9.59 Å². The molecule has 0 aromatic heterocycles. The van der Waals surface area contributed by atoms with Gasteiger partial charge in [0.15, 0.2) is 0 Å². The third kappa shape index (κ3) is 2.74. The lowest BCUT2D eigenvalue weighted by molar-refractivity contribution is -0.132. The van der Waals surface area contributed by atoms with E-state index in [1.54, 1.807) is 7.05 Å². The van der Waals surface area contributed by atoms with Gasteiger partial charge in [-0.1, -0.05) is 36.8 Å². The maximum absolute atomic E-state index is 12.5. The molecule has 2 aliphatic rings. The predicted octanol–water partition coefficient (Wildman–Crippen LogP) is 1.99. The maximum Gasteiger partial charge on any atom is 0.227 e. The second-order valence-electron chi connectivity index (χ2n) is 6.65. The molecular weight excluding hydrogens is 276 g/mol. The highest BCUT2D eigenvalue weighted by Gasteiger charge is 2.50. The van der Waals surface area contributed by atoms with E-state index in [-0.39, 0.29) is 23.1 Å². The van der Waals surface area contributed by atoms with Crippen molar-refractivity contribution in [1.82, 2.24) is 10.2 Å². The normalized spacial score (nSPS) is 27.3. The molecule has 4 heteroatoms. The van der Waals surface area contributed by atoms with Crippen molar-refractivity contribution in [2.24, 2.45) is 11.3 Å². The SMILES string of the molecule is CNC(=O)[C@H]1CCC[C@]12CCN(C(=O)Cc1ccccc1)C2. The third-order valence-electron chi connectivity index (χ3n) is 5.41. The Morgan fingerprint density at radius 3 is 2.77 bits per heavy atom. The Kier molecular flexibility index (Phi) is 4.19. The second-order valence-corrected chi connectivity index (χ2v) is 6.65. The molecule has 0 unspecified atom stereocenters. The van der Waals surface area contributed by atoms with Crippen LogP contribution in [0.4, 0.5) is 0 Å². The average Bonchev–Trinajstić information content (AvgIpc) is 3.15. The van der Waals surface area contributed by atoms with E-state index in [0.717, 1.165) is 44.3 Å². The molecule has 1 saturated carbocycles. The molecule has 2 fully saturated rings. The summed E-state index contributed by atoms with van der Waals surface area (Å²) in [7, 11) is 1.71. The number of carbonyl (C=O) groups excluding carboxylic acids is 2. The zero-order valence-corrected chi connectivity index (χ0v) is 13.2. The van der Waals surface area contributed by atoms with Crippen LogP contribution in [0.2, 0.25) is 0 Å². The number of rotatable bonds is 3. The van der Waals surface area contributed by atoms with Crippen LogP contribution >= 0.6 is 0 Å². The topological polar surface area (TPSA) is 49.4 Å². The Hall–Kier alpha value is -1.84. The first kappa shape index (κ1) is 15.1. The molecule has 118 valence electrons. The minimum Gasteiger partial charge on any atom is -0.359 e. The van der Waals surface area contributed by atoms with E-state index in [4.69, 9.17) is 0 Å². The van der Waals surface area contributed by atoms with Gasteiger partial charge in [-0.05, 0) is 24.8 Å². The lowest BCUT2D eigenvalue weighted by Crippen LogP contribution is -2.40. The van der Waals surface area contributed by atoms with E-state index in [0.29, 0.717) is 6.42 Å². The zero-order valence-electron chi connectivity index (χ0n) is 13.2. The quantitative estimate of drug-likeness (QED) is 0.928. The largest absolute Gasteiger partial charge is 0.359 e. The van der Waals surface area contributed by atoms with Crippen LogP contribution in [0, 0.1) is 11.3 Å². The summed E-state index contributed by atoms with van der Waals surface area (Å²) in [6, 6.07) is 9.88. The molecule has 1 saturated heterocycles. The molecule has 1 heterocycles. The van der Waals surface area contributed by atoms with Crippen molar-refractivity contribution >= 4 is 11.8 Å². The van der Waals surface area contributed by atoms with Crippen LogP contribution in [-0.2, 0) is 16.0 Å². The summed E-state index contributed by atoms with van der Waals surface area (Å²) in [6.07, 6.45) is 4.55. The van der Waals surface area contributed by atoms with Crippen LogP contribution in [0.3, 0.4) is 0 Å².